The number of fused-ring (bicyclic) bond motifs is 1. The van der Waals surface area contributed by atoms with E-state index < -0.39 is 0 Å². The van der Waals surface area contributed by atoms with E-state index in [1.165, 1.54) is 24.8 Å². The molecule has 0 saturated heterocycles. The summed E-state index contributed by atoms with van der Waals surface area (Å²) >= 11 is 0. The van der Waals surface area contributed by atoms with E-state index >= 15 is 0 Å². The number of para-hydroxylation sites is 1. The molecule has 1 aliphatic heterocycles. The van der Waals surface area contributed by atoms with Crippen molar-refractivity contribution < 1.29 is 4.79 Å². The van der Waals surface area contributed by atoms with Crippen molar-refractivity contribution in [3.05, 3.63) is 29.8 Å². The third kappa shape index (κ3) is 2.74. The van der Waals surface area contributed by atoms with Gasteiger partial charge < -0.3 is 5.32 Å². The molecule has 0 radical (unpaired) electrons. The van der Waals surface area contributed by atoms with Crippen LogP contribution < -0.4 is 5.32 Å². The minimum absolute atomic E-state index is 0.163. The van der Waals surface area contributed by atoms with Crippen LogP contribution in [0.4, 0.5) is 5.69 Å². The van der Waals surface area contributed by atoms with E-state index in [9.17, 15) is 4.79 Å². The lowest BCUT2D eigenvalue weighted by Crippen LogP contribution is -2.41. The van der Waals surface area contributed by atoms with E-state index in [1.54, 1.807) is 0 Å². The fraction of sp³-hybridized carbons (Fsp3) is 0.556. The van der Waals surface area contributed by atoms with E-state index in [0.29, 0.717) is 12.5 Å². The van der Waals surface area contributed by atoms with Gasteiger partial charge in [0.15, 0.2) is 0 Å². The number of aliphatic imine (C=N–C) groups is 1. The number of benzene rings is 1. The summed E-state index contributed by atoms with van der Waals surface area (Å²) in [4.78, 5) is 17.1. The average molecular weight is 284 g/mol. The summed E-state index contributed by atoms with van der Waals surface area (Å²) < 4.78 is 0. The molecule has 112 valence electrons. The van der Waals surface area contributed by atoms with Crippen LogP contribution in [0, 0.1) is 0 Å². The first-order valence-corrected chi connectivity index (χ1v) is 8.04. The molecule has 1 atom stereocenters. The Morgan fingerprint density at radius 2 is 2.00 bits per heavy atom. The van der Waals surface area contributed by atoms with Crippen LogP contribution in [0.2, 0.25) is 0 Å². The van der Waals surface area contributed by atoms with Crippen molar-refractivity contribution in [3.63, 3.8) is 0 Å². The second-order valence-electron chi connectivity index (χ2n) is 6.63. The van der Waals surface area contributed by atoms with Crippen LogP contribution in [0.5, 0.6) is 0 Å². The van der Waals surface area contributed by atoms with Crippen molar-refractivity contribution in [1.82, 2.24) is 5.32 Å². The lowest BCUT2D eigenvalue weighted by Gasteiger charge is -2.28. The molecule has 0 aromatic heterocycles. The molecule has 0 spiro atoms. The summed E-state index contributed by atoms with van der Waals surface area (Å²) in [7, 11) is 0. The molecule has 2 aliphatic rings. The molecule has 1 amide bonds. The molecule has 1 aromatic carbocycles. The minimum Gasteiger partial charge on any atom is -0.353 e. The van der Waals surface area contributed by atoms with Gasteiger partial charge in [0.25, 0.3) is 0 Å². The lowest BCUT2D eigenvalue weighted by molar-refractivity contribution is -0.122. The van der Waals surface area contributed by atoms with Crippen molar-refractivity contribution >= 4 is 17.3 Å². The highest BCUT2D eigenvalue weighted by atomic mass is 16.1. The van der Waals surface area contributed by atoms with Gasteiger partial charge in [0, 0.05) is 23.6 Å². The fourth-order valence-electron chi connectivity index (χ4n) is 3.61. The first kappa shape index (κ1) is 14.3. The maximum atomic E-state index is 12.5. The molecule has 1 saturated carbocycles. The van der Waals surface area contributed by atoms with E-state index in [4.69, 9.17) is 0 Å². The molecular weight excluding hydrogens is 260 g/mol. The lowest BCUT2D eigenvalue weighted by atomic mass is 9.77. The number of rotatable bonds is 3. The Labute approximate surface area is 126 Å². The first-order chi connectivity index (χ1) is 10.1. The number of carbonyl (C=O) groups excluding carboxylic acids is 1. The Kier molecular flexibility index (Phi) is 3.83. The number of hydrogen-bond donors (Lipinski definition) is 1. The zero-order valence-corrected chi connectivity index (χ0v) is 13.0. The number of nitrogens with zero attached hydrogens (tertiary/aromatic N) is 1. The first-order valence-electron chi connectivity index (χ1n) is 8.04. The summed E-state index contributed by atoms with van der Waals surface area (Å²) in [5, 5.41) is 3.23. The molecule has 1 aromatic rings. The predicted molar refractivity (Wildman–Crippen MR) is 86.2 cm³/mol. The quantitative estimate of drug-likeness (QED) is 0.899. The summed E-state index contributed by atoms with van der Waals surface area (Å²) in [6.07, 6.45) is 6.55. The Morgan fingerprint density at radius 1 is 1.29 bits per heavy atom. The Hall–Kier alpha value is -1.64. The maximum Gasteiger partial charge on any atom is 0.221 e. The van der Waals surface area contributed by atoms with E-state index in [-0.39, 0.29) is 11.3 Å². The van der Waals surface area contributed by atoms with Crippen molar-refractivity contribution in [2.45, 2.75) is 63.8 Å². The van der Waals surface area contributed by atoms with Crippen molar-refractivity contribution in [2.75, 3.05) is 0 Å². The summed E-state index contributed by atoms with van der Waals surface area (Å²) in [6.45, 7) is 4.17. The third-order valence-corrected chi connectivity index (χ3v) is 5.07. The van der Waals surface area contributed by atoms with Crippen LogP contribution in [0.15, 0.2) is 29.3 Å². The van der Waals surface area contributed by atoms with Crippen molar-refractivity contribution in [1.29, 1.82) is 0 Å². The van der Waals surface area contributed by atoms with Gasteiger partial charge in [-0.05, 0) is 38.3 Å². The molecule has 1 N–H and O–H groups in total. The topological polar surface area (TPSA) is 41.5 Å². The van der Waals surface area contributed by atoms with Gasteiger partial charge in [-0.1, -0.05) is 37.5 Å². The molecule has 0 bridgehead atoms. The Bertz CT molecular complexity index is 572. The van der Waals surface area contributed by atoms with Gasteiger partial charge in [0.2, 0.25) is 5.91 Å². The number of carbonyl (C=O) groups is 1. The molecule has 3 nitrogen and oxygen atoms in total. The molecule has 21 heavy (non-hydrogen) atoms. The zero-order valence-electron chi connectivity index (χ0n) is 13.0. The van der Waals surface area contributed by atoms with Gasteiger partial charge in [0.05, 0.1) is 5.69 Å². The second kappa shape index (κ2) is 5.63. The highest BCUT2D eigenvalue weighted by molar-refractivity contribution is 6.02. The van der Waals surface area contributed by atoms with E-state index in [1.807, 2.05) is 25.1 Å². The monoisotopic (exact) mass is 284 g/mol. The fourth-order valence-corrected chi connectivity index (χ4v) is 3.61. The standard InChI is InChI=1S/C18H24N2O/c1-13-18(2,15-10-6-7-11-16(15)19-13)12-17(21)20-14-8-4-3-5-9-14/h6-7,10-11,14H,3-5,8-9,12H2,1-2H3,(H,20,21). The third-order valence-electron chi connectivity index (χ3n) is 5.07. The van der Waals surface area contributed by atoms with Crippen LogP contribution in [0.3, 0.4) is 0 Å². The van der Waals surface area contributed by atoms with Gasteiger partial charge in [0.1, 0.15) is 0 Å². The van der Waals surface area contributed by atoms with Crippen molar-refractivity contribution in [3.8, 4) is 0 Å². The van der Waals surface area contributed by atoms with Crippen LogP contribution >= 0.6 is 0 Å². The highest BCUT2D eigenvalue weighted by Gasteiger charge is 2.38. The largest absolute Gasteiger partial charge is 0.353 e. The summed E-state index contributed by atoms with van der Waals surface area (Å²) in [5.74, 6) is 0.163. The van der Waals surface area contributed by atoms with E-state index in [0.717, 1.165) is 24.2 Å². The average Bonchev–Trinajstić information content (AvgIpc) is 2.72. The van der Waals surface area contributed by atoms with Crippen LogP contribution in [-0.2, 0) is 10.2 Å². The SMILES string of the molecule is CC1=Nc2ccccc2C1(C)CC(=O)NC1CCCCC1. The van der Waals surface area contributed by atoms with Gasteiger partial charge >= 0.3 is 0 Å². The van der Waals surface area contributed by atoms with Gasteiger partial charge in [-0.15, -0.1) is 0 Å². The molecule has 1 fully saturated rings. The van der Waals surface area contributed by atoms with Crippen molar-refractivity contribution in [2.24, 2.45) is 4.99 Å². The summed E-state index contributed by atoms with van der Waals surface area (Å²) in [5.41, 5.74) is 2.99. The minimum atomic E-state index is -0.255. The van der Waals surface area contributed by atoms with Crippen LogP contribution in [0.1, 0.15) is 57.9 Å². The van der Waals surface area contributed by atoms with Crippen LogP contribution in [0.25, 0.3) is 0 Å². The van der Waals surface area contributed by atoms with Gasteiger partial charge in [-0.3, -0.25) is 9.79 Å². The number of nitrogens with one attached hydrogen (secondary N) is 1. The van der Waals surface area contributed by atoms with Crippen LogP contribution in [-0.4, -0.2) is 17.7 Å². The molecule has 1 heterocycles. The maximum absolute atomic E-state index is 12.5. The Balaban J connectivity index is 1.71. The molecule has 3 heteroatoms. The number of amides is 1. The molecule has 1 unspecified atom stereocenters. The summed E-state index contributed by atoms with van der Waals surface area (Å²) in [6, 6.07) is 8.55. The highest BCUT2D eigenvalue weighted by Crippen LogP contribution is 2.42. The Morgan fingerprint density at radius 3 is 2.76 bits per heavy atom. The normalized spacial score (nSPS) is 25.3. The second-order valence-corrected chi connectivity index (χ2v) is 6.63. The van der Waals surface area contributed by atoms with Gasteiger partial charge in [-0.2, -0.15) is 0 Å². The van der Waals surface area contributed by atoms with Gasteiger partial charge in [-0.25, -0.2) is 0 Å². The number of hydrogen-bond acceptors (Lipinski definition) is 2. The predicted octanol–water partition coefficient (Wildman–Crippen LogP) is 3.89. The molecule has 1 aliphatic carbocycles. The molecular formula is C18H24N2O. The van der Waals surface area contributed by atoms with E-state index in [2.05, 4.69) is 23.3 Å². The molecule has 3 rings (SSSR count). The zero-order chi connectivity index (χ0) is 14.9. The smallest absolute Gasteiger partial charge is 0.221 e.